The molecule has 2 N–H and O–H groups in total. The fourth-order valence-corrected chi connectivity index (χ4v) is 1.80. The zero-order chi connectivity index (χ0) is 13.7. The zero-order valence-corrected chi connectivity index (χ0v) is 10.3. The Bertz CT molecular complexity index is 461. The number of hydrogen-bond acceptors (Lipinski definition) is 3. The summed E-state index contributed by atoms with van der Waals surface area (Å²) in [6.45, 7) is 0.268. The molecular weight excluding hydrogens is 251 g/mol. The van der Waals surface area contributed by atoms with Crippen LogP contribution in [0.4, 0.5) is 4.39 Å². The third-order valence-corrected chi connectivity index (χ3v) is 2.81. The molecule has 1 heterocycles. The van der Waals surface area contributed by atoms with Gasteiger partial charge in [0.25, 0.3) is 5.91 Å². The molecular formula is C13H15FN2O3. The SMILES string of the molecule is O=C(COc1ccc(F)cc1)NCC1CCC(=O)N1. The molecule has 0 saturated carbocycles. The minimum absolute atomic E-state index is 0.00210. The number of hydrogen-bond donors (Lipinski definition) is 2. The Morgan fingerprint density at radius 3 is 2.79 bits per heavy atom. The number of carbonyl (C=O) groups is 2. The van der Waals surface area contributed by atoms with Crippen LogP contribution in [0.15, 0.2) is 24.3 Å². The fraction of sp³-hybridized carbons (Fsp3) is 0.385. The molecule has 1 unspecified atom stereocenters. The van der Waals surface area contributed by atoms with Gasteiger partial charge >= 0.3 is 0 Å². The first-order valence-corrected chi connectivity index (χ1v) is 6.08. The van der Waals surface area contributed by atoms with Crippen LogP contribution in [0.1, 0.15) is 12.8 Å². The quantitative estimate of drug-likeness (QED) is 0.820. The molecule has 0 aliphatic carbocycles. The van der Waals surface area contributed by atoms with Gasteiger partial charge < -0.3 is 15.4 Å². The van der Waals surface area contributed by atoms with Crippen LogP contribution in [-0.4, -0.2) is 31.0 Å². The van der Waals surface area contributed by atoms with E-state index in [1.165, 1.54) is 24.3 Å². The van der Waals surface area contributed by atoms with Crippen molar-refractivity contribution >= 4 is 11.8 Å². The molecule has 0 aromatic heterocycles. The molecule has 2 amide bonds. The summed E-state index contributed by atoms with van der Waals surface area (Å²) in [6, 6.07) is 5.45. The summed E-state index contributed by atoms with van der Waals surface area (Å²) in [7, 11) is 0. The second kappa shape index (κ2) is 6.17. The molecule has 6 heteroatoms. The average Bonchev–Trinajstić information content (AvgIpc) is 2.81. The lowest BCUT2D eigenvalue weighted by Gasteiger charge is -2.11. The summed E-state index contributed by atoms with van der Waals surface area (Å²) in [6.07, 6.45) is 1.24. The van der Waals surface area contributed by atoms with E-state index in [4.69, 9.17) is 4.74 Å². The summed E-state index contributed by atoms with van der Waals surface area (Å²) in [5.74, 6) is -0.174. The summed E-state index contributed by atoms with van der Waals surface area (Å²) < 4.78 is 17.8. The molecule has 5 nitrogen and oxygen atoms in total. The molecule has 1 atom stereocenters. The van der Waals surface area contributed by atoms with Gasteiger partial charge in [-0.05, 0) is 30.7 Å². The van der Waals surface area contributed by atoms with Gasteiger partial charge in [-0.25, -0.2) is 4.39 Å². The van der Waals surface area contributed by atoms with Gasteiger partial charge in [-0.15, -0.1) is 0 Å². The number of amides is 2. The molecule has 0 bridgehead atoms. The van der Waals surface area contributed by atoms with Gasteiger partial charge in [0.15, 0.2) is 6.61 Å². The second-order valence-corrected chi connectivity index (χ2v) is 4.35. The lowest BCUT2D eigenvalue weighted by Crippen LogP contribution is -2.40. The first-order chi connectivity index (χ1) is 9.13. The van der Waals surface area contributed by atoms with Gasteiger partial charge in [-0.3, -0.25) is 9.59 Å². The lowest BCUT2D eigenvalue weighted by molar-refractivity contribution is -0.123. The van der Waals surface area contributed by atoms with E-state index in [-0.39, 0.29) is 30.3 Å². The smallest absolute Gasteiger partial charge is 0.258 e. The number of benzene rings is 1. The van der Waals surface area contributed by atoms with Gasteiger partial charge in [0.1, 0.15) is 11.6 Å². The van der Waals surface area contributed by atoms with Crippen LogP contribution in [0.3, 0.4) is 0 Å². The monoisotopic (exact) mass is 266 g/mol. The van der Waals surface area contributed by atoms with Crippen molar-refractivity contribution in [1.82, 2.24) is 10.6 Å². The van der Waals surface area contributed by atoms with Crippen LogP contribution >= 0.6 is 0 Å². The van der Waals surface area contributed by atoms with Crippen LogP contribution < -0.4 is 15.4 Å². The molecule has 1 fully saturated rings. The molecule has 1 saturated heterocycles. The van der Waals surface area contributed by atoms with E-state index in [1.807, 2.05) is 0 Å². The van der Waals surface area contributed by atoms with Crippen molar-refractivity contribution < 1.29 is 18.7 Å². The molecule has 1 aliphatic heterocycles. The van der Waals surface area contributed by atoms with Crippen LogP contribution in [-0.2, 0) is 9.59 Å². The number of nitrogens with one attached hydrogen (secondary N) is 2. The Morgan fingerprint density at radius 2 is 2.16 bits per heavy atom. The molecule has 19 heavy (non-hydrogen) atoms. The highest BCUT2D eigenvalue weighted by molar-refractivity contribution is 5.79. The maximum atomic E-state index is 12.6. The van der Waals surface area contributed by atoms with Crippen molar-refractivity contribution in [3.63, 3.8) is 0 Å². The topological polar surface area (TPSA) is 67.4 Å². The van der Waals surface area contributed by atoms with Crippen LogP contribution in [0, 0.1) is 5.82 Å². The normalized spacial score (nSPS) is 17.9. The molecule has 102 valence electrons. The van der Waals surface area contributed by atoms with Gasteiger partial charge in [0.2, 0.25) is 5.91 Å². The van der Waals surface area contributed by atoms with Crippen LogP contribution in [0.2, 0.25) is 0 Å². The predicted molar refractivity (Wildman–Crippen MR) is 66.1 cm³/mol. The molecule has 1 aromatic carbocycles. The highest BCUT2D eigenvalue weighted by atomic mass is 19.1. The minimum atomic E-state index is -0.353. The molecule has 0 spiro atoms. The third kappa shape index (κ3) is 4.24. The molecule has 2 rings (SSSR count). The van der Waals surface area contributed by atoms with E-state index in [0.717, 1.165) is 6.42 Å². The highest BCUT2D eigenvalue weighted by Gasteiger charge is 2.20. The van der Waals surface area contributed by atoms with Gasteiger partial charge in [-0.1, -0.05) is 0 Å². The number of halogens is 1. The minimum Gasteiger partial charge on any atom is -0.484 e. The first-order valence-electron chi connectivity index (χ1n) is 6.08. The summed E-state index contributed by atoms with van der Waals surface area (Å²) in [4.78, 5) is 22.5. The molecule has 0 radical (unpaired) electrons. The predicted octanol–water partition coefficient (Wildman–Crippen LogP) is 0.599. The van der Waals surface area contributed by atoms with Crippen molar-refractivity contribution in [2.45, 2.75) is 18.9 Å². The number of carbonyl (C=O) groups excluding carboxylic acids is 2. The summed E-state index contributed by atoms with van der Waals surface area (Å²) >= 11 is 0. The maximum Gasteiger partial charge on any atom is 0.258 e. The van der Waals surface area contributed by atoms with E-state index in [0.29, 0.717) is 18.7 Å². The molecule has 1 aromatic rings. The first kappa shape index (κ1) is 13.3. The average molecular weight is 266 g/mol. The molecule has 1 aliphatic rings. The Morgan fingerprint density at radius 1 is 1.42 bits per heavy atom. The zero-order valence-electron chi connectivity index (χ0n) is 10.3. The largest absolute Gasteiger partial charge is 0.484 e. The van der Waals surface area contributed by atoms with Gasteiger partial charge in [0, 0.05) is 19.0 Å². The summed E-state index contributed by atoms with van der Waals surface area (Å²) in [5, 5.41) is 5.43. The van der Waals surface area contributed by atoms with E-state index in [1.54, 1.807) is 0 Å². The van der Waals surface area contributed by atoms with Crippen molar-refractivity contribution in [1.29, 1.82) is 0 Å². The Kier molecular flexibility index (Phi) is 4.33. The Balaban J connectivity index is 1.67. The maximum absolute atomic E-state index is 12.6. The summed E-state index contributed by atoms with van der Waals surface area (Å²) in [5.41, 5.74) is 0. The number of rotatable bonds is 5. The Hall–Kier alpha value is -2.11. The second-order valence-electron chi connectivity index (χ2n) is 4.35. The van der Waals surface area contributed by atoms with Crippen molar-refractivity contribution in [2.75, 3.05) is 13.2 Å². The van der Waals surface area contributed by atoms with E-state index < -0.39 is 0 Å². The fourth-order valence-electron chi connectivity index (χ4n) is 1.80. The van der Waals surface area contributed by atoms with Crippen molar-refractivity contribution in [2.24, 2.45) is 0 Å². The van der Waals surface area contributed by atoms with Crippen molar-refractivity contribution in [3.05, 3.63) is 30.1 Å². The van der Waals surface area contributed by atoms with E-state index in [2.05, 4.69) is 10.6 Å². The number of ether oxygens (including phenoxy) is 1. The highest BCUT2D eigenvalue weighted by Crippen LogP contribution is 2.10. The van der Waals surface area contributed by atoms with E-state index in [9.17, 15) is 14.0 Å². The standard InChI is InChI=1S/C13H15FN2O3/c14-9-1-4-11(5-2-9)19-8-13(18)15-7-10-3-6-12(17)16-10/h1-2,4-5,10H,3,6-8H2,(H,15,18)(H,16,17). The van der Waals surface area contributed by atoms with Gasteiger partial charge in [-0.2, -0.15) is 0 Å². The van der Waals surface area contributed by atoms with E-state index >= 15 is 0 Å². The third-order valence-electron chi connectivity index (χ3n) is 2.81. The van der Waals surface area contributed by atoms with Gasteiger partial charge in [0.05, 0.1) is 0 Å². The van der Waals surface area contributed by atoms with Crippen molar-refractivity contribution in [3.8, 4) is 5.75 Å². The van der Waals surface area contributed by atoms with Crippen LogP contribution in [0.25, 0.3) is 0 Å². The van der Waals surface area contributed by atoms with Crippen LogP contribution in [0.5, 0.6) is 5.75 Å². The Labute approximate surface area is 110 Å². The lowest BCUT2D eigenvalue weighted by atomic mass is 10.2.